The molecule has 0 fully saturated rings. The number of fused-ring (bicyclic) bond motifs is 3. The molecule has 0 N–H and O–H groups in total. The Morgan fingerprint density at radius 1 is 1.03 bits per heavy atom. The van der Waals surface area contributed by atoms with Crippen LogP contribution in [0.15, 0.2) is 36.4 Å². The number of esters is 1. The van der Waals surface area contributed by atoms with E-state index in [1.54, 1.807) is 0 Å². The normalized spacial score (nSPS) is 11.6. The predicted molar refractivity (Wildman–Crippen MR) is 105 cm³/mol. The molecule has 0 bridgehead atoms. The van der Waals surface area contributed by atoms with Gasteiger partial charge in [0.1, 0.15) is 46.2 Å². The number of benzene rings is 3. The molecule has 1 aliphatic rings. The van der Waals surface area contributed by atoms with Crippen molar-refractivity contribution in [3.05, 3.63) is 87.5 Å². The maximum Gasteiger partial charge on any atom is 0.349 e. The van der Waals surface area contributed by atoms with Gasteiger partial charge in [-0.1, -0.05) is 31.5 Å². The van der Waals surface area contributed by atoms with Crippen LogP contribution in [0.1, 0.15) is 46.0 Å². The van der Waals surface area contributed by atoms with Gasteiger partial charge in [-0.2, -0.15) is 5.26 Å². The monoisotopic (exact) mass is 425 g/mol. The Hall–Kier alpha value is -3.66. The molecule has 0 saturated heterocycles. The molecular formula is C24H15F4NO2. The van der Waals surface area contributed by atoms with E-state index in [1.165, 1.54) is 6.07 Å². The first-order chi connectivity index (χ1) is 14.8. The molecule has 3 aromatic carbocycles. The van der Waals surface area contributed by atoms with E-state index >= 15 is 4.39 Å². The summed E-state index contributed by atoms with van der Waals surface area (Å²) in [7, 11) is 0. The Morgan fingerprint density at radius 3 is 2.39 bits per heavy atom. The van der Waals surface area contributed by atoms with Gasteiger partial charge in [0.2, 0.25) is 0 Å². The van der Waals surface area contributed by atoms with Crippen LogP contribution in [0.2, 0.25) is 0 Å². The maximum absolute atomic E-state index is 15.1. The number of nitrogens with zero attached hydrogens (tertiary/aromatic N) is 1. The van der Waals surface area contributed by atoms with Crippen molar-refractivity contribution in [1.29, 1.82) is 5.26 Å². The number of hydrogen-bond donors (Lipinski definition) is 0. The lowest BCUT2D eigenvalue weighted by Gasteiger charge is -2.10. The van der Waals surface area contributed by atoms with Crippen LogP contribution >= 0.6 is 0 Å². The summed E-state index contributed by atoms with van der Waals surface area (Å²) in [6.07, 6.45) is 1.99. The Morgan fingerprint density at radius 2 is 1.74 bits per heavy atom. The van der Waals surface area contributed by atoms with Crippen molar-refractivity contribution in [2.24, 2.45) is 0 Å². The second-order valence-electron chi connectivity index (χ2n) is 7.26. The SMILES string of the molecule is CCCc1ccc2c(c1)Cc1c-2cc(F)c(C(=O)Oc2cc(F)c(C#N)c(F)c2)c1F. The summed E-state index contributed by atoms with van der Waals surface area (Å²) in [4.78, 5) is 12.4. The van der Waals surface area contributed by atoms with Gasteiger partial charge in [-0.15, -0.1) is 0 Å². The maximum atomic E-state index is 15.1. The zero-order valence-corrected chi connectivity index (χ0v) is 16.4. The third kappa shape index (κ3) is 3.55. The third-order valence-electron chi connectivity index (χ3n) is 5.23. The summed E-state index contributed by atoms with van der Waals surface area (Å²) in [5.41, 5.74) is 1.35. The van der Waals surface area contributed by atoms with Gasteiger partial charge in [0, 0.05) is 24.1 Å². The Labute approximate surface area is 175 Å². The fraction of sp³-hybridized carbons (Fsp3) is 0.167. The molecule has 4 rings (SSSR count). The van der Waals surface area contributed by atoms with E-state index in [9.17, 15) is 18.0 Å². The molecule has 0 aliphatic heterocycles. The predicted octanol–water partition coefficient (Wildman–Crippen LogP) is 5.86. The van der Waals surface area contributed by atoms with Crippen LogP contribution in [0, 0.1) is 34.6 Å². The van der Waals surface area contributed by atoms with Crippen molar-refractivity contribution in [2.75, 3.05) is 0 Å². The van der Waals surface area contributed by atoms with E-state index in [1.807, 2.05) is 25.1 Å². The third-order valence-corrected chi connectivity index (χ3v) is 5.23. The van der Waals surface area contributed by atoms with E-state index in [4.69, 9.17) is 10.00 Å². The van der Waals surface area contributed by atoms with E-state index in [-0.39, 0.29) is 12.0 Å². The lowest BCUT2D eigenvalue weighted by molar-refractivity contribution is 0.0723. The molecule has 0 amide bonds. The number of carbonyl (C=O) groups is 1. The minimum Gasteiger partial charge on any atom is -0.423 e. The molecule has 0 spiro atoms. The number of halogens is 4. The molecule has 7 heteroatoms. The summed E-state index contributed by atoms with van der Waals surface area (Å²) in [5.74, 6) is -6.74. The number of hydrogen-bond acceptors (Lipinski definition) is 3. The Balaban J connectivity index is 1.69. The highest BCUT2D eigenvalue weighted by Crippen LogP contribution is 2.40. The second kappa shape index (κ2) is 7.88. The molecule has 156 valence electrons. The summed E-state index contributed by atoms with van der Waals surface area (Å²) in [5, 5.41) is 8.70. The minimum atomic E-state index is -1.43. The summed E-state index contributed by atoms with van der Waals surface area (Å²) < 4.78 is 62.1. The van der Waals surface area contributed by atoms with Crippen molar-refractivity contribution in [3.63, 3.8) is 0 Å². The first kappa shape index (κ1) is 20.6. The molecule has 31 heavy (non-hydrogen) atoms. The van der Waals surface area contributed by atoms with Gasteiger partial charge in [0.05, 0.1) is 0 Å². The van der Waals surface area contributed by atoms with Gasteiger partial charge in [-0.05, 0) is 34.7 Å². The lowest BCUT2D eigenvalue weighted by atomic mass is 10.0. The first-order valence-electron chi connectivity index (χ1n) is 9.58. The average molecular weight is 425 g/mol. The lowest BCUT2D eigenvalue weighted by Crippen LogP contribution is -2.15. The van der Waals surface area contributed by atoms with E-state index in [0.717, 1.165) is 30.0 Å². The van der Waals surface area contributed by atoms with Crippen LogP contribution in [0.4, 0.5) is 17.6 Å². The van der Waals surface area contributed by atoms with Crippen molar-refractivity contribution in [2.45, 2.75) is 26.2 Å². The molecule has 0 unspecified atom stereocenters. The molecule has 0 atom stereocenters. The minimum absolute atomic E-state index is 0.161. The fourth-order valence-corrected chi connectivity index (χ4v) is 3.82. The van der Waals surface area contributed by atoms with Crippen LogP contribution in [-0.4, -0.2) is 5.97 Å². The van der Waals surface area contributed by atoms with Crippen LogP contribution in [-0.2, 0) is 12.8 Å². The quantitative estimate of drug-likeness (QED) is 0.234. The molecule has 0 radical (unpaired) electrons. The summed E-state index contributed by atoms with van der Waals surface area (Å²) in [6, 6.07) is 9.27. The topological polar surface area (TPSA) is 50.1 Å². The van der Waals surface area contributed by atoms with Crippen molar-refractivity contribution in [3.8, 4) is 22.9 Å². The van der Waals surface area contributed by atoms with Crippen molar-refractivity contribution >= 4 is 5.97 Å². The van der Waals surface area contributed by atoms with E-state index in [2.05, 4.69) is 0 Å². The average Bonchev–Trinajstić information content (AvgIpc) is 3.06. The zero-order chi connectivity index (χ0) is 22.3. The summed E-state index contributed by atoms with van der Waals surface area (Å²) in [6.45, 7) is 2.04. The Bertz CT molecular complexity index is 1250. The van der Waals surface area contributed by atoms with Gasteiger partial charge in [-0.3, -0.25) is 0 Å². The van der Waals surface area contributed by atoms with Crippen LogP contribution < -0.4 is 4.74 Å². The molecule has 3 nitrogen and oxygen atoms in total. The molecule has 0 aromatic heterocycles. The standard InChI is InChI=1S/C24H15F4NO2/c1-2-3-12-4-5-15-13(6-12)7-17-16(15)10-21(27)22(23(17)28)24(30)31-14-8-19(25)18(11-29)20(26)9-14/h4-6,8-10H,2-3,7H2,1H3. The number of rotatable bonds is 4. The molecule has 0 heterocycles. The first-order valence-corrected chi connectivity index (χ1v) is 9.58. The van der Waals surface area contributed by atoms with Crippen molar-refractivity contribution in [1.82, 2.24) is 0 Å². The zero-order valence-electron chi connectivity index (χ0n) is 16.4. The number of aryl methyl sites for hydroxylation is 1. The highest BCUT2D eigenvalue weighted by atomic mass is 19.1. The summed E-state index contributed by atoms with van der Waals surface area (Å²) >= 11 is 0. The van der Waals surface area contributed by atoms with Gasteiger partial charge < -0.3 is 4.74 Å². The number of nitriles is 1. The second-order valence-corrected chi connectivity index (χ2v) is 7.26. The van der Waals surface area contributed by atoms with Crippen LogP contribution in [0.5, 0.6) is 5.75 Å². The molecule has 1 aliphatic carbocycles. The number of carbonyl (C=O) groups excluding carboxylic acids is 1. The van der Waals surface area contributed by atoms with Crippen LogP contribution in [0.3, 0.4) is 0 Å². The molecule has 3 aromatic rings. The molecule has 0 saturated carbocycles. The highest BCUT2D eigenvalue weighted by molar-refractivity contribution is 5.94. The van der Waals surface area contributed by atoms with Gasteiger partial charge >= 0.3 is 5.97 Å². The number of ether oxygens (including phenoxy) is 1. The van der Waals surface area contributed by atoms with Crippen molar-refractivity contribution < 1.29 is 27.1 Å². The fourth-order valence-electron chi connectivity index (χ4n) is 3.82. The van der Waals surface area contributed by atoms with Gasteiger partial charge in [-0.25, -0.2) is 22.4 Å². The smallest absolute Gasteiger partial charge is 0.349 e. The molecular weight excluding hydrogens is 410 g/mol. The van der Waals surface area contributed by atoms with E-state index < -0.39 is 46.1 Å². The van der Waals surface area contributed by atoms with Gasteiger partial charge in [0.15, 0.2) is 0 Å². The largest absolute Gasteiger partial charge is 0.423 e. The van der Waals surface area contributed by atoms with Gasteiger partial charge in [0.25, 0.3) is 0 Å². The van der Waals surface area contributed by atoms with Crippen LogP contribution in [0.25, 0.3) is 11.1 Å². The van der Waals surface area contributed by atoms with E-state index in [0.29, 0.717) is 23.3 Å². The highest BCUT2D eigenvalue weighted by Gasteiger charge is 2.30. The Kier molecular flexibility index (Phi) is 5.24.